The minimum atomic E-state index is -1.60. The van der Waals surface area contributed by atoms with Gasteiger partial charge in [0.1, 0.15) is 8.80 Å². The highest BCUT2D eigenvalue weighted by Crippen LogP contribution is 2.45. The minimum absolute atomic E-state index is 0.996. The van der Waals surface area contributed by atoms with Crippen molar-refractivity contribution in [1.29, 1.82) is 0 Å². The monoisotopic (exact) mass is 600 g/mol. The molecule has 0 aliphatic heterocycles. The molecule has 46 heavy (non-hydrogen) atoms. The first-order valence-corrected chi connectivity index (χ1v) is 17.9. The fourth-order valence-corrected chi connectivity index (χ4v) is 10.7. The van der Waals surface area contributed by atoms with Crippen molar-refractivity contribution < 1.29 is 0 Å². The highest BCUT2D eigenvalue weighted by atomic mass is 28.3. The number of hydrogen-bond donors (Lipinski definition) is 0. The highest BCUT2D eigenvalue weighted by Gasteiger charge is 2.22. The third kappa shape index (κ3) is 4.43. The predicted molar refractivity (Wildman–Crippen MR) is 200 cm³/mol. The zero-order chi connectivity index (χ0) is 30.5. The maximum Gasteiger partial charge on any atom is 0.132 e. The zero-order valence-electron chi connectivity index (χ0n) is 25.5. The van der Waals surface area contributed by atoms with Crippen molar-refractivity contribution >= 4 is 45.9 Å². The Bertz CT molecular complexity index is 2270. The van der Waals surface area contributed by atoms with Crippen LogP contribution in [0.5, 0.6) is 0 Å². The average molecular weight is 601 g/mol. The van der Waals surface area contributed by atoms with E-state index in [9.17, 15) is 0 Å². The van der Waals surface area contributed by atoms with Crippen molar-refractivity contribution in [3.8, 4) is 33.4 Å². The maximum atomic E-state index is 2.44. The van der Waals surface area contributed by atoms with Crippen molar-refractivity contribution in [3.05, 3.63) is 187 Å². The van der Waals surface area contributed by atoms with E-state index in [1.807, 2.05) is 0 Å². The topological polar surface area (TPSA) is 0 Å². The fourth-order valence-electron chi connectivity index (χ4n) is 7.76. The summed E-state index contributed by atoms with van der Waals surface area (Å²) < 4.78 is 0. The Kier molecular flexibility index (Phi) is 6.50. The standard InChI is InChI=1S/C45H32Si/c1-3-14-35(15-4-1)46(36-16-5-2-6-17-36)37-26-23-31(24-27-37)44-40-19-9-11-21-42(40)45(43-22-12-10-20-41(43)44)33-25-28-39-34(30-33)29-32-13-7-8-18-38(32)39/h1-28,30,46H,29H2. The van der Waals surface area contributed by atoms with E-state index >= 15 is 0 Å². The molecule has 8 aromatic carbocycles. The molecule has 0 bridgehead atoms. The summed E-state index contributed by atoms with van der Waals surface area (Å²) in [5.41, 5.74) is 10.8. The van der Waals surface area contributed by atoms with Crippen molar-refractivity contribution in [2.24, 2.45) is 0 Å². The molecular formula is C45H32Si. The summed E-state index contributed by atoms with van der Waals surface area (Å²) in [5.74, 6) is 0. The van der Waals surface area contributed by atoms with Crippen molar-refractivity contribution in [3.63, 3.8) is 0 Å². The number of rotatable bonds is 5. The summed E-state index contributed by atoms with van der Waals surface area (Å²) in [4.78, 5) is 0. The largest absolute Gasteiger partial charge is 0.132 e. The second kappa shape index (κ2) is 11.1. The Morgan fingerprint density at radius 1 is 0.326 bits per heavy atom. The van der Waals surface area contributed by atoms with E-state index in [1.54, 1.807) is 0 Å². The van der Waals surface area contributed by atoms with Crippen LogP contribution in [0, 0.1) is 0 Å². The van der Waals surface area contributed by atoms with Gasteiger partial charge < -0.3 is 0 Å². The predicted octanol–water partition coefficient (Wildman–Crippen LogP) is 9.15. The van der Waals surface area contributed by atoms with E-state index in [-0.39, 0.29) is 0 Å². The number of benzene rings is 8. The Labute approximate surface area is 271 Å². The van der Waals surface area contributed by atoms with Crippen LogP contribution in [0.2, 0.25) is 0 Å². The van der Waals surface area contributed by atoms with Gasteiger partial charge in [-0.15, -0.1) is 0 Å². The van der Waals surface area contributed by atoms with Gasteiger partial charge in [-0.25, -0.2) is 0 Å². The van der Waals surface area contributed by atoms with E-state index in [0.29, 0.717) is 0 Å². The lowest BCUT2D eigenvalue weighted by atomic mass is 9.85. The summed E-state index contributed by atoms with van der Waals surface area (Å²) in [5, 5.41) is 9.53. The third-order valence-corrected chi connectivity index (χ3v) is 13.0. The Morgan fingerprint density at radius 3 is 1.35 bits per heavy atom. The molecule has 8 aromatic rings. The highest BCUT2D eigenvalue weighted by molar-refractivity contribution is 6.95. The first-order chi connectivity index (χ1) is 22.8. The minimum Gasteiger partial charge on any atom is -0.0625 e. The first kappa shape index (κ1) is 26.9. The molecule has 0 radical (unpaired) electrons. The Balaban J connectivity index is 1.21. The normalized spacial score (nSPS) is 12.0. The second-order valence-electron chi connectivity index (χ2n) is 12.4. The molecule has 0 atom stereocenters. The van der Waals surface area contributed by atoms with E-state index in [2.05, 4.69) is 176 Å². The molecule has 0 unspecified atom stereocenters. The van der Waals surface area contributed by atoms with Gasteiger partial charge in [-0.05, 0) is 72.5 Å². The maximum absolute atomic E-state index is 2.44. The molecule has 0 heterocycles. The van der Waals surface area contributed by atoms with Gasteiger partial charge in [-0.2, -0.15) is 0 Å². The second-order valence-corrected chi connectivity index (χ2v) is 15.3. The molecule has 0 aromatic heterocycles. The third-order valence-electron chi connectivity index (χ3n) is 9.81. The van der Waals surface area contributed by atoms with Gasteiger partial charge in [0.05, 0.1) is 0 Å². The molecule has 0 nitrogen and oxygen atoms in total. The van der Waals surface area contributed by atoms with Crippen LogP contribution < -0.4 is 15.6 Å². The van der Waals surface area contributed by atoms with Crippen LogP contribution in [-0.2, 0) is 6.42 Å². The van der Waals surface area contributed by atoms with Crippen LogP contribution in [-0.4, -0.2) is 8.80 Å². The van der Waals surface area contributed by atoms with E-state index < -0.39 is 8.80 Å². The SMILES string of the molecule is c1ccc([SiH](c2ccccc2)c2ccc(-c3c4ccccc4c(-c4ccc5c(c4)Cc4ccccc4-5)c4ccccc34)cc2)cc1. The molecule has 0 amide bonds. The molecule has 0 N–H and O–H groups in total. The van der Waals surface area contributed by atoms with E-state index in [4.69, 9.17) is 0 Å². The van der Waals surface area contributed by atoms with Crippen molar-refractivity contribution in [1.82, 2.24) is 0 Å². The van der Waals surface area contributed by atoms with Crippen LogP contribution in [0.15, 0.2) is 176 Å². The molecule has 1 aliphatic rings. The average Bonchev–Trinajstić information content (AvgIpc) is 3.50. The molecule has 9 rings (SSSR count). The summed E-state index contributed by atoms with van der Waals surface area (Å²) in [6.45, 7) is 0. The molecule has 0 saturated carbocycles. The molecule has 1 heteroatoms. The molecule has 0 spiro atoms. The van der Waals surface area contributed by atoms with Crippen LogP contribution in [0.1, 0.15) is 11.1 Å². The van der Waals surface area contributed by atoms with Gasteiger partial charge in [0, 0.05) is 0 Å². The Hall–Kier alpha value is -5.50. The first-order valence-electron chi connectivity index (χ1n) is 16.2. The lowest BCUT2D eigenvalue weighted by Gasteiger charge is -2.20. The van der Waals surface area contributed by atoms with Crippen LogP contribution in [0.3, 0.4) is 0 Å². The van der Waals surface area contributed by atoms with Crippen LogP contribution >= 0.6 is 0 Å². The lowest BCUT2D eigenvalue weighted by molar-refractivity contribution is 1.26. The quantitative estimate of drug-likeness (QED) is 0.105. The van der Waals surface area contributed by atoms with Gasteiger partial charge in [-0.1, -0.05) is 191 Å². The lowest BCUT2D eigenvalue weighted by Crippen LogP contribution is -2.51. The Morgan fingerprint density at radius 2 is 0.761 bits per heavy atom. The molecule has 0 saturated heterocycles. The summed E-state index contributed by atoms with van der Waals surface area (Å²) in [6.07, 6.45) is 0.996. The molecule has 216 valence electrons. The zero-order valence-corrected chi connectivity index (χ0v) is 26.7. The van der Waals surface area contributed by atoms with Crippen molar-refractivity contribution in [2.75, 3.05) is 0 Å². The van der Waals surface area contributed by atoms with Crippen molar-refractivity contribution in [2.45, 2.75) is 6.42 Å². The van der Waals surface area contributed by atoms with Gasteiger partial charge >= 0.3 is 0 Å². The van der Waals surface area contributed by atoms with Gasteiger partial charge in [0.2, 0.25) is 0 Å². The molecule has 1 aliphatic carbocycles. The molecular weight excluding hydrogens is 569 g/mol. The summed E-state index contributed by atoms with van der Waals surface area (Å²) in [6, 6.07) is 65.6. The van der Waals surface area contributed by atoms with Gasteiger partial charge in [-0.3, -0.25) is 0 Å². The van der Waals surface area contributed by atoms with Gasteiger partial charge in [0.15, 0.2) is 0 Å². The van der Waals surface area contributed by atoms with E-state index in [1.165, 1.54) is 81.6 Å². The van der Waals surface area contributed by atoms with Crippen LogP contribution in [0.25, 0.3) is 54.9 Å². The summed E-state index contributed by atoms with van der Waals surface area (Å²) >= 11 is 0. The van der Waals surface area contributed by atoms with Crippen LogP contribution in [0.4, 0.5) is 0 Å². The van der Waals surface area contributed by atoms with Gasteiger partial charge in [0.25, 0.3) is 0 Å². The van der Waals surface area contributed by atoms with E-state index in [0.717, 1.165) is 6.42 Å². The summed E-state index contributed by atoms with van der Waals surface area (Å²) in [7, 11) is -1.60. The molecule has 0 fully saturated rings. The number of fused-ring (bicyclic) bond motifs is 5. The number of hydrogen-bond acceptors (Lipinski definition) is 0. The fraction of sp³-hybridized carbons (Fsp3) is 0.0222. The smallest absolute Gasteiger partial charge is 0.0625 e.